The van der Waals surface area contributed by atoms with E-state index in [0.717, 1.165) is 132 Å². The lowest BCUT2D eigenvalue weighted by atomic mass is 9.60. The Kier molecular flexibility index (Phi) is 39.4. The first-order valence-corrected chi connectivity index (χ1v) is 29.8. The van der Waals surface area contributed by atoms with Gasteiger partial charge in [0, 0.05) is 18.2 Å². The summed E-state index contributed by atoms with van der Waals surface area (Å²) in [4.78, 5) is 45.6. The van der Waals surface area contributed by atoms with E-state index in [9.17, 15) is 29.2 Å². The third-order valence-corrected chi connectivity index (χ3v) is 15.5. The van der Waals surface area contributed by atoms with Gasteiger partial charge in [-0.25, -0.2) is 0 Å². The number of hydrogen-bond donors (Lipinski definition) is 5. The Labute approximate surface area is 490 Å². The first-order valence-electron chi connectivity index (χ1n) is 28.7. The van der Waals surface area contributed by atoms with Gasteiger partial charge in [-0.05, 0) is 94.0 Å². The van der Waals surface area contributed by atoms with Gasteiger partial charge in [-0.15, -0.1) is 24.8 Å². The summed E-state index contributed by atoms with van der Waals surface area (Å²) in [6, 6.07) is 29.7. The Balaban J connectivity index is 0.000000501. The van der Waals surface area contributed by atoms with Crippen molar-refractivity contribution in [2.45, 2.75) is 241 Å². The van der Waals surface area contributed by atoms with Crippen molar-refractivity contribution in [2.75, 3.05) is 0 Å². The van der Waals surface area contributed by atoms with Gasteiger partial charge in [-0.2, -0.15) is 0 Å². The first kappa shape index (κ1) is 72.5. The van der Waals surface area contributed by atoms with Crippen LogP contribution in [-0.2, 0) is 56.7 Å². The van der Waals surface area contributed by atoms with E-state index < -0.39 is 36.4 Å². The summed E-state index contributed by atoms with van der Waals surface area (Å²) in [5.74, 6) is -0.475. The summed E-state index contributed by atoms with van der Waals surface area (Å²) in [7, 11) is -0.719. The molecule has 0 spiro atoms. The molecule has 78 heavy (non-hydrogen) atoms. The molecule has 0 unspecified atom stereocenters. The molecular formula is C60H96B2BrCl2N3O10. The summed E-state index contributed by atoms with van der Waals surface area (Å²) in [5, 5.41) is 23.2. The number of carbonyl (C=O) groups excluding carboxylic acids is 4. The van der Waals surface area contributed by atoms with Crippen LogP contribution >= 0.6 is 40.7 Å². The van der Waals surface area contributed by atoms with Crippen LogP contribution in [0.4, 0.5) is 0 Å². The van der Waals surface area contributed by atoms with Crippen molar-refractivity contribution in [1.29, 1.82) is 0 Å². The molecule has 7 N–H and O–H groups in total. The fraction of sp³-hybridized carbons (Fsp3) is 0.633. The Morgan fingerprint density at radius 1 is 0.526 bits per heavy atom. The van der Waals surface area contributed by atoms with E-state index in [4.69, 9.17) is 30.4 Å². The van der Waals surface area contributed by atoms with Crippen LogP contribution in [0.15, 0.2) is 91.0 Å². The van der Waals surface area contributed by atoms with Crippen molar-refractivity contribution >= 4 is 79.6 Å². The maximum absolute atomic E-state index is 12.7. The van der Waals surface area contributed by atoms with Gasteiger partial charge in [0.15, 0.2) is 5.72 Å². The molecule has 3 aromatic rings. The maximum Gasteiger partial charge on any atom is 0.374 e. The van der Waals surface area contributed by atoms with E-state index >= 15 is 0 Å². The Morgan fingerprint density at radius 2 is 0.872 bits per heavy atom. The first-order chi connectivity index (χ1) is 36.7. The summed E-state index contributed by atoms with van der Waals surface area (Å²) in [5.41, 5.74) is 12.9. The van der Waals surface area contributed by atoms with Gasteiger partial charge in [-0.3, -0.25) is 24.9 Å². The highest BCUT2D eigenvalue weighted by atomic mass is 79.9. The zero-order chi connectivity index (χ0) is 55.2. The van der Waals surface area contributed by atoms with E-state index in [2.05, 4.69) is 33.3 Å². The van der Waals surface area contributed by atoms with E-state index in [1.54, 1.807) is 13.6 Å². The standard InChI is InChI=1S/C17H26BNO3.C16H23NO2.C11H21BO3.C9H17NO2.C7H7Br.2ClH/c1-18(21)19-17(12-8-3-2-4-9-13-17)16(20)22-14-15-10-6-5-7-11-15;17-16(11-7-2-1-3-8-12-16)15(18)19-13-14-9-5-4-6-10-14;1-12(14)9-11(15-10-13)7-5-3-2-4-6-8-11;10-9(12-8-11)6-4-2-1-3-5-7-9;8-6-7-4-2-1-3-5-7;;/h5-7,10-11,19,21H,2-4,8-9,12-14H2,1H3;4-6,9-10H,1-3,7-8,11-13,17H2;10,14H,2-9H2,1H3;8H,1-7,10H2;1-5H,6H2;2*1H. The normalized spacial score (nSPS) is 18.4. The Morgan fingerprint density at radius 3 is 1.23 bits per heavy atom. The lowest BCUT2D eigenvalue weighted by molar-refractivity contribution is -0.154. The zero-order valence-electron chi connectivity index (χ0n) is 47.1. The van der Waals surface area contributed by atoms with Crippen molar-refractivity contribution in [3.63, 3.8) is 0 Å². The van der Waals surface area contributed by atoms with Crippen molar-refractivity contribution < 1.29 is 48.2 Å². The van der Waals surface area contributed by atoms with Crippen molar-refractivity contribution in [3.05, 3.63) is 108 Å². The van der Waals surface area contributed by atoms with Crippen molar-refractivity contribution in [1.82, 2.24) is 5.23 Å². The monoisotopic (exact) mass is 1190 g/mol. The van der Waals surface area contributed by atoms with Gasteiger partial charge < -0.3 is 40.0 Å². The number of benzene rings is 3. The number of esters is 2. The minimum atomic E-state index is -0.769. The van der Waals surface area contributed by atoms with Crippen LogP contribution < -0.4 is 16.7 Å². The molecule has 4 fully saturated rings. The summed E-state index contributed by atoms with van der Waals surface area (Å²) in [6.07, 6.45) is 29.8. The number of hydrogen-bond acceptors (Lipinski definition) is 13. The van der Waals surface area contributed by atoms with E-state index in [-0.39, 0.29) is 43.4 Å². The molecule has 0 bridgehead atoms. The largest absolute Gasteiger partial charge is 0.462 e. The van der Waals surface area contributed by atoms with Crippen LogP contribution in [-0.4, -0.2) is 71.3 Å². The van der Waals surface area contributed by atoms with Gasteiger partial charge >= 0.3 is 19.0 Å². The molecule has 0 atom stereocenters. The molecule has 0 radical (unpaired) electrons. The smallest absolute Gasteiger partial charge is 0.374 e. The fourth-order valence-corrected chi connectivity index (χ4v) is 11.0. The average molecular weight is 1190 g/mol. The minimum Gasteiger partial charge on any atom is -0.462 e. The molecule has 18 heteroatoms. The Hall–Kier alpha value is -3.47. The van der Waals surface area contributed by atoms with Gasteiger partial charge in [-0.1, -0.05) is 216 Å². The maximum atomic E-state index is 12.7. The van der Waals surface area contributed by atoms with Gasteiger partial charge in [0.25, 0.3) is 19.9 Å². The fourth-order valence-electron chi connectivity index (χ4n) is 10.6. The van der Waals surface area contributed by atoms with Crippen molar-refractivity contribution in [3.8, 4) is 0 Å². The van der Waals surface area contributed by atoms with E-state index in [0.29, 0.717) is 25.9 Å². The third kappa shape index (κ3) is 30.4. The number of ether oxygens (including phenoxy) is 4. The number of nitrogens with one attached hydrogen (secondary N) is 1. The van der Waals surface area contributed by atoms with Crippen LogP contribution in [0.2, 0.25) is 20.0 Å². The van der Waals surface area contributed by atoms with Crippen LogP contribution in [0.25, 0.3) is 0 Å². The molecule has 0 aromatic heterocycles. The molecule has 4 aliphatic rings. The predicted octanol–water partition coefficient (Wildman–Crippen LogP) is 13.3. The second-order valence-electron chi connectivity index (χ2n) is 21.6. The van der Waals surface area contributed by atoms with Crippen LogP contribution in [0, 0.1) is 0 Å². The molecule has 0 aliphatic heterocycles. The van der Waals surface area contributed by atoms with Gasteiger partial charge in [0.05, 0.1) is 0 Å². The van der Waals surface area contributed by atoms with Crippen molar-refractivity contribution in [2.24, 2.45) is 11.5 Å². The number of alkyl halides is 1. The predicted molar refractivity (Wildman–Crippen MR) is 325 cm³/mol. The molecule has 13 nitrogen and oxygen atoms in total. The molecular weight excluding hydrogens is 1100 g/mol. The molecule has 0 saturated heterocycles. The summed E-state index contributed by atoms with van der Waals surface area (Å²) >= 11 is 3.36. The summed E-state index contributed by atoms with van der Waals surface area (Å²) in [6.45, 7) is 4.64. The molecule has 7 rings (SSSR count). The topological polar surface area (TPSA) is 210 Å². The minimum absolute atomic E-state index is 0. The Bertz CT molecular complexity index is 1970. The molecule has 4 aliphatic carbocycles. The highest BCUT2D eigenvalue weighted by molar-refractivity contribution is 9.08. The number of rotatable bonds is 15. The third-order valence-electron chi connectivity index (χ3n) is 14.9. The highest BCUT2D eigenvalue weighted by Gasteiger charge is 2.41. The van der Waals surface area contributed by atoms with Crippen LogP contribution in [0.5, 0.6) is 0 Å². The quantitative estimate of drug-likeness (QED) is 0.0240. The van der Waals surface area contributed by atoms with Gasteiger partial charge in [0.2, 0.25) is 0 Å². The molecule has 438 valence electrons. The zero-order valence-corrected chi connectivity index (χ0v) is 50.3. The molecule has 0 amide bonds. The van der Waals surface area contributed by atoms with Gasteiger partial charge in [0.1, 0.15) is 29.9 Å². The second-order valence-corrected chi connectivity index (χ2v) is 22.2. The lowest BCUT2D eigenvalue weighted by Gasteiger charge is -2.35. The van der Waals surface area contributed by atoms with Crippen LogP contribution in [0.3, 0.4) is 0 Å². The SMILES string of the molecule is BrCc1ccccc1.CB(O)CC1(OC=O)CCCCCCC1.CB(O)NC1(C(=O)OCc2ccccc2)CCCCCCC1.Cl.Cl.NC1(C(=O)OCc2ccccc2)CCCCCCC1.NC1(OC=O)CCCCCCC1. The molecule has 3 aromatic carbocycles. The highest BCUT2D eigenvalue weighted by Crippen LogP contribution is 2.34. The average Bonchev–Trinajstić information content (AvgIpc) is 3.38. The van der Waals surface area contributed by atoms with Crippen LogP contribution in [0.1, 0.15) is 196 Å². The van der Waals surface area contributed by atoms with E-state index in [1.165, 1.54) is 69.8 Å². The molecule has 0 heterocycles. The van der Waals surface area contributed by atoms with E-state index in [1.807, 2.05) is 78.9 Å². The number of halogens is 3. The number of nitrogens with two attached hydrogens (primary N) is 2. The lowest BCUT2D eigenvalue weighted by Crippen LogP contribution is -2.58. The number of carbonyl (C=O) groups is 4. The molecule has 4 saturated carbocycles. The summed E-state index contributed by atoms with van der Waals surface area (Å²) < 4.78 is 21.1. The second kappa shape index (κ2) is 42.4.